The summed E-state index contributed by atoms with van der Waals surface area (Å²) in [6.07, 6.45) is 0. The van der Waals surface area contributed by atoms with Crippen LogP contribution in [-0.4, -0.2) is 17.7 Å². The van der Waals surface area contributed by atoms with Crippen molar-refractivity contribution in [2.45, 2.75) is 19.4 Å². The Labute approximate surface area is 95.6 Å². The molecular weight excluding hydrogens is 242 g/mol. The molecule has 0 amide bonds. The van der Waals surface area contributed by atoms with Crippen molar-refractivity contribution < 1.29 is 23.4 Å². The van der Waals surface area contributed by atoms with Crippen molar-refractivity contribution in [1.82, 2.24) is 0 Å². The average molecular weight is 251 g/mol. The number of halogens is 3. The molecule has 0 fully saturated rings. The Morgan fingerprint density at radius 2 is 2.19 bits per heavy atom. The second kappa shape index (κ2) is 5.12. The highest BCUT2D eigenvalue weighted by atomic mass is 35.5. The summed E-state index contributed by atoms with van der Waals surface area (Å²) in [5.41, 5.74) is 0.878. The van der Waals surface area contributed by atoms with Crippen molar-refractivity contribution in [3.63, 3.8) is 0 Å². The van der Waals surface area contributed by atoms with Gasteiger partial charge >= 0.3 is 12.6 Å². The first-order chi connectivity index (χ1) is 7.45. The van der Waals surface area contributed by atoms with Crippen molar-refractivity contribution >= 4 is 17.6 Å². The fourth-order valence-corrected chi connectivity index (χ4v) is 1.52. The summed E-state index contributed by atoms with van der Waals surface area (Å²) in [5, 5.41) is 8.81. The zero-order valence-corrected chi connectivity index (χ0v) is 9.09. The molecule has 0 aromatic heterocycles. The van der Waals surface area contributed by atoms with Crippen LogP contribution in [0.4, 0.5) is 8.78 Å². The number of ether oxygens (including phenoxy) is 1. The minimum Gasteiger partial charge on any atom is -0.478 e. The lowest BCUT2D eigenvalue weighted by Crippen LogP contribution is -2.09. The molecule has 0 aliphatic carbocycles. The summed E-state index contributed by atoms with van der Waals surface area (Å²) < 4.78 is 28.2. The monoisotopic (exact) mass is 250 g/mol. The zero-order chi connectivity index (χ0) is 12.3. The number of carbonyl (C=O) groups is 1. The van der Waals surface area contributed by atoms with E-state index in [1.807, 2.05) is 0 Å². The topological polar surface area (TPSA) is 46.5 Å². The Morgan fingerprint density at radius 1 is 1.56 bits per heavy atom. The van der Waals surface area contributed by atoms with Crippen LogP contribution in [-0.2, 0) is 5.88 Å². The summed E-state index contributed by atoms with van der Waals surface area (Å²) in [4.78, 5) is 10.8. The van der Waals surface area contributed by atoms with Crippen LogP contribution in [0, 0.1) is 6.92 Å². The molecule has 1 rings (SSSR count). The number of carboxylic acid groups (broad SMARTS) is 1. The van der Waals surface area contributed by atoms with E-state index in [1.165, 1.54) is 12.1 Å². The lowest BCUT2D eigenvalue weighted by Gasteiger charge is -2.11. The van der Waals surface area contributed by atoms with Gasteiger partial charge in [-0.05, 0) is 30.2 Å². The maximum absolute atomic E-state index is 12.1. The normalized spacial score (nSPS) is 10.6. The molecule has 0 atom stereocenters. The van der Waals surface area contributed by atoms with Gasteiger partial charge < -0.3 is 9.84 Å². The summed E-state index contributed by atoms with van der Waals surface area (Å²) in [5.74, 6) is -1.59. The Hall–Kier alpha value is -1.36. The van der Waals surface area contributed by atoms with Gasteiger partial charge in [-0.2, -0.15) is 8.78 Å². The van der Waals surface area contributed by atoms with E-state index in [0.717, 1.165) is 0 Å². The molecule has 0 aliphatic heterocycles. The van der Waals surface area contributed by atoms with Gasteiger partial charge in [-0.25, -0.2) is 4.79 Å². The van der Waals surface area contributed by atoms with Crippen molar-refractivity contribution in [2.75, 3.05) is 0 Å². The Morgan fingerprint density at radius 3 is 2.62 bits per heavy atom. The lowest BCUT2D eigenvalue weighted by atomic mass is 10.1. The van der Waals surface area contributed by atoms with Gasteiger partial charge in [-0.1, -0.05) is 0 Å². The van der Waals surface area contributed by atoms with Crippen LogP contribution >= 0.6 is 11.6 Å². The number of carboxylic acids is 1. The van der Waals surface area contributed by atoms with Crippen LogP contribution in [0.25, 0.3) is 0 Å². The smallest absolute Gasteiger partial charge is 0.387 e. The fourth-order valence-electron chi connectivity index (χ4n) is 1.23. The largest absolute Gasteiger partial charge is 0.478 e. The lowest BCUT2D eigenvalue weighted by molar-refractivity contribution is -0.0503. The molecule has 1 N–H and O–H groups in total. The number of benzene rings is 1. The Balaban J connectivity index is 3.25. The van der Waals surface area contributed by atoms with Gasteiger partial charge in [0, 0.05) is 5.88 Å². The van der Waals surface area contributed by atoms with E-state index in [1.54, 1.807) is 6.92 Å². The second-order valence-electron chi connectivity index (χ2n) is 3.09. The van der Waals surface area contributed by atoms with Gasteiger partial charge in [0.05, 0.1) is 0 Å². The van der Waals surface area contributed by atoms with Crippen molar-refractivity contribution in [3.8, 4) is 5.75 Å². The van der Waals surface area contributed by atoms with Crippen molar-refractivity contribution in [1.29, 1.82) is 0 Å². The quantitative estimate of drug-likeness (QED) is 0.836. The first kappa shape index (κ1) is 12.7. The molecule has 0 unspecified atom stereocenters. The van der Waals surface area contributed by atoms with E-state index in [2.05, 4.69) is 4.74 Å². The highest BCUT2D eigenvalue weighted by molar-refractivity contribution is 6.17. The first-order valence-corrected chi connectivity index (χ1v) is 4.86. The summed E-state index contributed by atoms with van der Waals surface area (Å²) in [6.45, 7) is -1.42. The minimum atomic E-state index is -3.07. The summed E-state index contributed by atoms with van der Waals surface area (Å²) in [6, 6.07) is 2.48. The average Bonchev–Trinajstić information content (AvgIpc) is 2.19. The summed E-state index contributed by atoms with van der Waals surface area (Å²) >= 11 is 5.58. The minimum absolute atomic E-state index is 0.103. The van der Waals surface area contributed by atoms with E-state index in [-0.39, 0.29) is 17.2 Å². The maximum atomic E-state index is 12.1. The van der Waals surface area contributed by atoms with Gasteiger partial charge in [0.25, 0.3) is 0 Å². The number of hydrogen-bond acceptors (Lipinski definition) is 2. The van der Waals surface area contributed by atoms with Gasteiger partial charge in [-0.15, -0.1) is 11.6 Å². The standard InChI is InChI=1S/C10H9ClF2O3/c1-5-2-7(9(14)15)8(16-10(12)13)3-6(5)4-11/h2-3,10H,4H2,1H3,(H,14,15). The van der Waals surface area contributed by atoms with E-state index in [9.17, 15) is 13.6 Å². The third-order valence-corrected chi connectivity index (χ3v) is 2.32. The highest BCUT2D eigenvalue weighted by Crippen LogP contribution is 2.26. The molecule has 16 heavy (non-hydrogen) atoms. The zero-order valence-electron chi connectivity index (χ0n) is 8.34. The van der Waals surface area contributed by atoms with E-state index in [4.69, 9.17) is 16.7 Å². The third kappa shape index (κ3) is 2.82. The molecule has 0 heterocycles. The van der Waals surface area contributed by atoms with E-state index in [0.29, 0.717) is 11.1 Å². The van der Waals surface area contributed by atoms with Crippen LogP contribution < -0.4 is 4.74 Å². The molecule has 6 heteroatoms. The van der Waals surface area contributed by atoms with Gasteiger partial charge in [0.1, 0.15) is 11.3 Å². The van der Waals surface area contributed by atoms with E-state index >= 15 is 0 Å². The highest BCUT2D eigenvalue weighted by Gasteiger charge is 2.17. The molecule has 0 spiro atoms. The number of aryl methyl sites for hydroxylation is 1. The molecule has 0 bridgehead atoms. The number of alkyl halides is 3. The maximum Gasteiger partial charge on any atom is 0.387 e. The Kier molecular flexibility index (Phi) is 4.06. The number of rotatable bonds is 4. The third-order valence-electron chi connectivity index (χ3n) is 2.03. The predicted molar refractivity (Wildman–Crippen MR) is 54.3 cm³/mol. The molecule has 0 aliphatic rings. The molecule has 1 aromatic carbocycles. The SMILES string of the molecule is Cc1cc(C(=O)O)c(OC(F)F)cc1CCl. The van der Waals surface area contributed by atoms with Crippen molar-refractivity contribution in [3.05, 3.63) is 28.8 Å². The molecule has 0 radical (unpaired) electrons. The van der Waals surface area contributed by atoms with Gasteiger partial charge in [0.15, 0.2) is 0 Å². The predicted octanol–water partition coefficient (Wildman–Crippen LogP) is 3.03. The molecule has 0 saturated carbocycles. The summed E-state index contributed by atoms with van der Waals surface area (Å²) in [7, 11) is 0. The fraction of sp³-hybridized carbons (Fsp3) is 0.300. The molecule has 88 valence electrons. The van der Waals surface area contributed by atoms with Crippen molar-refractivity contribution in [2.24, 2.45) is 0 Å². The van der Waals surface area contributed by atoms with Crippen LogP contribution in [0.3, 0.4) is 0 Å². The first-order valence-electron chi connectivity index (χ1n) is 4.33. The van der Waals surface area contributed by atoms with Crippen LogP contribution in [0.15, 0.2) is 12.1 Å². The molecule has 3 nitrogen and oxygen atoms in total. The van der Waals surface area contributed by atoms with Crippen LogP contribution in [0.5, 0.6) is 5.75 Å². The van der Waals surface area contributed by atoms with Gasteiger partial charge in [0.2, 0.25) is 0 Å². The number of hydrogen-bond donors (Lipinski definition) is 1. The molecule has 1 aromatic rings. The van der Waals surface area contributed by atoms with Gasteiger partial charge in [-0.3, -0.25) is 0 Å². The Bertz CT molecular complexity index is 407. The van der Waals surface area contributed by atoms with Crippen LogP contribution in [0.1, 0.15) is 21.5 Å². The molecule has 0 saturated heterocycles. The second-order valence-corrected chi connectivity index (χ2v) is 3.36. The van der Waals surface area contributed by atoms with E-state index < -0.39 is 12.6 Å². The van der Waals surface area contributed by atoms with Crippen LogP contribution in [0.2, 0.25) is 0 Å². The molecular formula is C10H9ClF2O3. The number of aromatic carboxylic acids is 1.